The molecule has 0 saturated carbocycles. The molecular formula is C24H27F3N8O2. The van der Waals surface area contributed by atoms with Crippen molar-refractivity contribution < 1.29 is 22.6 Å². The number of hydrogen-bond donors (Lipinski definition) is 1. The Hall–Kier alpha value is -3.45. The third-order valence-corrected chi connectivity index (χ3v) is 7.21. The van der Waals surface area contributed by atoms with Gasteiger partial charge in [0.15, 0.2) is 0 Å². The van der Waals surface area contributed by atoms with Crippen molar-refractivity contribution in [1.82, 2.24) is 34.5 Å². The maximum Gasteiger partial charge on any atom is 0.267 e. The molecule has 2 aliphatic heterocycles. The van der Waals surface area contributed by atoms with Crippen LogP contribution in [0.25, 0.3) is 27.7 Å². The highest BCUT2D eigenvalue weighted by Crippen LogP contribution is 2.47. The van der Waals surface area contributed by atoms with Gasteiger partial charge in [-0.25, -0.2) is 22.4 Å². The van der Waals surface area contributed by atoms with Crippen LogP contribution in [0.2, 0.25) is 0 Å². The minimum atomic E-state index is -3.00. The van der Waals surface area contributed by atoms with Crippen LogP contribution in [0.5, 0.6) is 5.88 Å². The van der Waals surface area contributed by atoms with Gasteiger partial charge in [-0.05, 0) is 43.1 Å². The van der Waals surface area contributed by atoms with E-state index in [-0.39, 0.29) is 37.4 Å². The molecule has 1 aromatic carbocycles. The van der Waals surface area contributed by atoms with E-state index in [0.717, 1.165) is 0 Å². The fourth-order valence-electron chi connectivity index (χ4n) is 5.38. The van der Waals surface area contributed by atoms with Crippen LogP contribution in [0.3, 0.4) is 0 Å². The van der Waals surface area contributed by atoms with Crippen LogP contribution in [0.15, 0.2) is 24.4 Å². The van der Waals surface area contributed by atoms with E-state index >= 15 is 8.78 Å². The molecule has 3 aromatic heterocycles. The SMILES string of the molecule is COc1nc(N)nn2cc([C@H]3CCN(C4COC4)CC3(F)F)c(-c3ccc4nnn(C[C@@H](C)F)c4c3)c12. The maximum atomic E-state index is 15.8. The molecule has 2 fully saturated rings. The number of piperidine rings is 1. The number of nitrogens with zero attached hydrogens (tertiary/aromatic N) is 7. The summed E-state index contributed by atoms with van der Waals surface area (Å²) in [6.45, 7) is 2.59. The highest BCUT2D eigenvalue weighted by Gasteiger charge is 2.49. The number of rotatable bonds is 6. The van der Waals surface area contributed by atoms with Gasteiger partial charge >= 0.3 is 0 Å². The van der Waals surface area contributed by atoms with E-state index < -0.39 is 18.0 Å². The summed E-state index contributed by atoms with van der Waals surface area (Å²) in [4.78, 5) is 6.01. The van der Waals surface area contributed by atoms with E-state index in [1.807, 2.05) is 4.90 Å². The Labute approximate surface area is 210 Å². The Morgan fingerprint density at radius 1 is 1.30 bits per heavy atom. The molecule has 5 heterocycles. The zero-order chi connectivity index (χ0) is 25.9. The van der Waals surface area contributed by atoms with Gasteiger partial charge in [0, 0.05) is 11.8 Å². The Morgan fingerprint density at radius 2 is 2.11 bits per heavy atom. The second-order valence-electron chi connectivity index (χ2n) is 9.75. The molecule has 0 aliphatic carbocycles. The van der Waals surface area contributed by atoms with E-state index in [4.69, 9.17) is 15.2 Å². The molecule has 2 N–H and O–H groups in total. The van der Waals surface area contributed by atoms with Gasteiger partial charge in [0.2, 0.25) is 11.8 Å². The lowest BCUT2D eigenvalue weighted by atomic mass is 9.83. The number of methoxy groups -OCH3 is 1. The molecule has 0 unspecified atom stereocenters. The average molecular weight is 517 g/mol. The largest absolute Gasteiger partial charge is 0.479 e. The third kappa shape index (κ3) is 4.06. The first-order chi connectivity index (χ1) is 17.7. The second kappa shape index (κ2) is 8.84. The lowest BCUT2D eigenvalue weighted by Gasteiger charge is -2.44. The van der Waals surface area contributed by atoms with Crippen molar-refractivity contribution in [3.63, 3.8) is 0 Å². The summed E-state index contributed by atoms with van der Waals surface area (Å²) in [6.07, 6.45) is 0.704. The summed E-state index contributed by atoms with van der Waals surface area (Å²) in [5.74, 6) is -3.95. The van der Waals surface area contributed by atoms with Crippen LogP contribution < -0.4 is 10.5 Å². The lowest BCUT2D eigenvalue weighted by Crippen LogP contribution is -2.57. The monoisotopic (exact) mass is 516 g/mol. The van der Waals surface area contributed by atoms with Crippen molar-refractivity contribution in [2.75, 3.05) is 39.1 Å². The summed E-state index contributed by atoms with van der Waals surface area (Å²) in [5, 5.41) is 12.4. The first-order valence-corrected chi connectivity index (χ1v) is 12.1. The summed E-state index contributed by atoms with van der Waals surface area (Å²) >= 11 is 0. The Bertz CT molecular complexity index is 1470. The zero-order valence-electron chi connectivity index (χ0n) is 20.4. The summed E-state index contributed by atoms with van der Waals surface area (Å²) in [6, 6.07) is 5.34. The number of halogens is 3. The Kier molecular flexibility index (Phi) is 5.71. The van der Waals surface area contributed by atoms with Gasteiger partial charge in [0.25, 0.3) is 5.92 Å². The van der Waals surface area contributed by atoms with E-state index in [2.05, 4.69) is 20.4 Å². The first-order valence-electron chi connectivity index (χ1n) is 12.1. The fourth-order valence-corrected chi connectivity index (χ4v) is 5.38. The van der Waals surface area contributed by atoms with Crippen LogP contribution in [-0.4, -0.2) is 86.0 Å². The van der Waals surface area contributed by atoms with Crippen molar-refractivity contribution >= 4 is 22.5 Å². The quantitative estimate of drug-likeness (QED) is 0.417. The maximum absolute atomic E-state index is 15.8. The molecule has 0 bridgehead atoms. The second-order valence-corrected chi connectivity index (χ2v) is 9.75. The van der Waals surface area contributed by atoms with Gasteiger partial charge < -0.3 is 15.2 Å². The molecule has 2 atom stereocenters. The number of hydrogen-bond acceptors (Lipinski definition) is 8. The summed E-state index contributed by atoms with van der Waals surface area (Å²) < 4.78 is 59.0. The Morgan fingerprint density at radius 3 is 2.78 bits per heavy atom. The van der Waals surface area contributed by atoms with E-state index in [1.165, 1.54) is 23.2 Å². The molecule has 0 spiro atoms. The Balaban J connectivity index is 1.52. The number of aromatic nitrogens is 6. The molecule has 37 heavy (non-hydrogen) atoms. The van der Waals surface area contributed by atoms with Crippen LogP contribution >= 0.6 is 0 Å². The summed E-state index contributed by atoms with van der Waals surface area (Å²) in [5.41, 5.74) is 9.04. The van der Waals surface area contributed by atoms with Crippen LogP contribution in [0, 0.1) is 0 Å². The fraction of sp³-hybridized carbons (Fsp3) is 0.500. The van der Waals surface area contributed by atoms with Crippen LogP contribution in [-0.2, 0) is 11.3 Å². The summed E-state index contributed by atoms with van der Waals surface area (Å²) in [7, 11) is 1.44. The van der Waals surface area contributed by atoms with Crippen molar-refractivity contribution in [3.05, 3.63) is 30.0 Å². The minimum absolute atomic E-state index is 0.0215. The standard InChI is InChI=1S/C24H27F3N8O2/c1-13(25)8-34-19-7-14(3-4-18(19)30-32-34)20-16(9-35-21(20)22(36-2)29-23(28)31-35)17-5-6-33(12-24(17,26)27)15-10-37-11-15/h3-4,7,9,13,15,17H,5-6,8,10-12H2,1-2H3,(H2,28,31)/t13-,17-/m1/s1. The van der Waals surface area contributed by atoms with Gasteiger partial charge in [-0.2, -0.15) is 4.98 Å². The van der Waals surface area contributed by atoms with Gasteiger partial charge in [0.1, 0.15) is 17.2 Å². The van der Waals surface area contributed by atoms with Crippen molar-refractivity contribution in [2.45, 2.75) is 43.9 Å². The predicted octanol–water partition coefficient (Wildman–Crippen LogP) is 2.91. The molecule has 4 aromatic rings. The third-order valence-electron chi connectivity index (χ3n) is 7.21. The van der Waals surface area contributed by atoms with Gasteiger partial charge in [0.05, 0.1) is 50.9 Å². The number of ether oxygens (including phenoxy) is 2. The van der Waals surface area contributed by atoms with Gasteiger partial charge in [-0.1, -0.05) is 11.3 Å². The van der Waals surface area contributed by atoms with Crippen molar-refractivity contribution in [1.29, 1.82) is 0 Å². The number of alkyl halides is 3. The van der Waals surface area contributed by atoms with Gasteiger partial charge in [-0.15, -0.1) is 10.2 Å². The molecule has 2 saturated heterocycles. The number of nitrogen functional groups attached to an aromatic ring is 1. The average Bonchev–Trinajstić information content (AvgIpc) is 3.37. The molecule has 196 valence electrons. The molecule has 13 heteroatoms. The molecule has 2 aliphatic rings. The number of benzene rings is 1. The van der Waals surface area contributed by atoms with E-state index in [1.54, 1.807) is 24.4 Å². The number of fused-ring (bicyclic) bond motifs is 2. The lowest BCUT2D eigenvalue weighted by molar-refractivity contribution is -0.136. The van der Waals surface area contributed by atoms with Gasteiger partial charge in [-0.3, -0.25) is 4.90 Å². The predicted molar refractivity (Wildman–Crippen MR) is 130 cm³/mol. The first kappa shape index (κ1) is 23.9. The highest BCUT2D eigenvalue weighted by atomic mass is 19.3. The number of nitrogens with two attached hydrogens (primary N) is 1. The molecular weight excluding hydrogens is 489 g/mol. The van der Waals surface area contributed by atoms with E-state index in [0.29, 0.717) is 53.0 Å². The van der Waals surface area contributed by atoms with Crippen molar-refractivity contribution in [2.24, 2.45) is 0 Å². The normalized spacial score (nSPS) is 21.4. The minimum Gasteiger partial charge on any atom is -0.479 e. The molecule has 10 nitrogen and oxygen atoms in total. The molecule has 0 radical (unpaired) electrons. The smallest absolute Gasteiger partial charge is 0.267 e. The topological polar surface area (TPSA) is 109 Å². The number of likely N-dealkylation sites (tertiary alicyclic amines) is 1. The van der Waals surface area contributed by atoms with Crippen molar-refractivity contribution in [3.8, 4) is 17.0 Å². The highest BCUT2D eigenvalue weighted by molar-refractivity contribution is 5.91. The number of anilines is 1. The van der Waals surface area contributed by atoms with Crippen LogP contribution in [0.1, 0.15) is 24.8 Å². The molecule has 0 amide bonds. The molecule has 6 rings (SSSR count). The zero-order valence-corrected chi connectivity index (χ0v) is 20.4. The van der Waals surface area contributed by atoms with E-state index in [9.17, 15) is 4.39 Å². The van der Waals surface area contributed by atoms with Crippen LogP contribution in [0.4, 0.5) is 19.1 Å².